The van der Waals surface area contributed by atoms with Crippen molar-refractivity contribution >= 4 is 22.9 Å². The van der Waals surface area contributed by atoms with Crippen molar-refractivity contribution in [3.63, 3.8) is 0 Å². The molecule has 122 valence electrons. The highest BCUT2D eigenvalue weighted by Gasteiger charge is 2.13. The van der Waals surface area contributed by atoms with E-state index in [0.29, 0.717) is 6.42 Å². The fourth-order valence-corrected chi connectivity index (χ4v) is 2.11. The van der Waals surface area contributed by atoms with Crippen LogP contribution in [0.3, 0.4) is 0 Å². The molecule has 9 nitrogen and oxygen atoms in total. The average Bonchev–Trinajstić information content (AvgIpc) is 2.54. The van der Waals surface area contributed by atoms with Gasteiger partial charge in [0.1, 0.15) is 11.3 Å². The number of carbonyl (C=O) groups excluding carboxylic acids is 1. The second-order valence-electron chi connectivity index (χ2n) is 5.03. The first kappa shape index (κ1) is 16.4. The van der Waals surface area contributed by atoms with Gasteiger partial charge in [-0.25, -0.2) is 9.78 Å². The number of carbonyl (C=O) groups is 2. The lowest BCUT2D eigenvalue weighted by Gasteiger charge is -2.08. The normalized spacial score (nSPS) is 10.7. The maximum absolute atomic E-state index is 12.0. The Hall–Kier alpha value is -2.97. The zero-order chi connectivity index (χ0) is 17.1. The third kappa shape index (κ3) is 3.28. The molecule has 0 spiro atoms. The average molecular weight is 320 g/mol. The summed E-state index contributed by atoms with van der Waals surface area (Å²) >= 11 is 0. The molecular formula is C14H16N4O5. The summed E-state index contributed by atoms with van der Waals surface area (Å²) in [6, 6.07) is 2.83. The molecule has 23 heavy (non-hydrogen) atoms. The van der Waals surface area contributed by atoms with Crippen LogP contribution in [0.4, 0.5) is 0 Å². The molecule has 0 aliphatic carbocycles. The smallest absolute Gasteiger partial charge is 0.332 e. The van der Waals surface area contributed by atoms with Crippen LogP contribution in [0.15, 0.2) is 21.7 Å². The molecular weight excluding hydrogens is 304 g/mol. The lowest BCUT2D eigenvalue weighted by atomic mass is 10.2. The molecule has 2 N–H and O–H groups in total. The van der Waals surface area contributed by atoms with Gasteiger partial charge in [-0.1, -0.05) is 0 Å². The fourth-order valence-electron chi connectivity index (χ4n) is 2.11. The molecule has 9 heteroatoms. The van der Waals surface area contributed by atoms with Gasteiger partial charge in [-0.15, -0.1) is 0 Å². The van der Waals surface area contributed by atoms with Gasteiger partial charge in [0.2, 0.25) is 0 Å². The topological polar surface area (TPSA) is 123 Å². The number of amides is 1. The summed E-state index contributed by atoms with van der Waals surface area (Å²) < 4.78 is 2.16. The van der Waals surface area contributed by atoms with Crippen LogP contribution in [0.1, 0.15) is 23.3 Å². The van der Waals surface area contributed by atoms with E-state index in [1.165, 1.54) is 30.8 Å². The zero-order valence-electron chi connectivity index (χ0n) is 12.7. The minimum Gasteiger partial charge on any atom is -0.481 e. The van der Waals surface area contributed by atoms with Crippen molar-refractivity contribution in [3.8, 4) is 0 Å². The van der Waals surface area contributed by atoms with Gasteiger partial charge in [-0.3, -0.25) is 23.5 Å². The molecule has 2 heterocycles. The Bertz CT molecular complexity index is 896. The number of carboxylic acids is 1. The monoisotopic (exact) mass is 320 g/mol. The van der Waals surface area contributed by atoms with Crippen molar-refractivity contribution in [2.24, 2.45) is 14.1 Å². The summed E-state index contributed by atoms with van der Waals surface area (Å²) in [5.74, 6) is -1.43. The molecule has 0 radical (unpaired) electrons. The van der Waals surface area contributed by atoms with Crippen molar-refractivity contribution in [2.75, 3.05) is 6.54 Å². The van der Waals surface area contributed by atoms with E-state index in [1.54, 1.807) is 0 Å². The molecule has 0 saturated carbocycles. The van der Waals surface area contributed by atoms with Gasteiger partial charge in [0, 0.05) is 27.1 Å². The van der Waals surface area contributed by atoms with Crippen LogP contribution in [0.2, 0.25) is 0 Å². The molecule has 0 saturated heterocycles. The number of pyridine rings is 1. The molecule has 2 rings (SSSR count). The van der Waals surface area contributed by atoms with Crippen LogP contribution < -0.4 is 16.6 Å². The van der Waals surface area contributed by atoms with Crippen molar-refractivity contribution in [3.05, 3.63) is 38.7 Å². The highest BCUT2D eigenvalue weighted by molar-refractivity contribution is 5.94. The Morgan fingerprint density at radius 1 is 1.22 bits per heavy atom. The quantitative estimate of drug-likeness (QED) is 0.697. The van der Waals surface area contributed by atoms with Crippen molar-refractivity contribution in [2.45, 2.75) is 12.8 Å². The van der Waals surface area contributed by atoms with E-state index < -0.39 is 23.1 Å². The lowest BCUT2D eigenvalue weighted by molar-refractivity contribution is -0.137. The number of fused-ring (bicyclic) bond motifs is 1. The molecule has 0 aliphatic heterocycles. The molecule has 0 atom stereocenters. The summed E-state index contributed by atoms with van der Waals surface area (Å²) in [6.07, 6.45) is 0.254. The number of aromatic nitrogens is 3. The molecule has 0 bridgehead atoms. The Kier molecular flexibility index (Phi) is 4.58. The maximum Gasteiger partial charge on any atom is 0.332 e. The van der Waals surface area contributed by atoms with Crippen LogP contribution in [0.25, 0.3) is 11.0 Å². The molecule has 0 fully saturated rings. The lowest BCUT2D eigenvalue weighted by Crippen LogP contribution is -2.37. The molecule has 2 aromatic heterocycles. The minimum absolute atomic E-state index is 0.0457. The molecule has 2 aromatic rings. The third-order valence-corrected chi connectivity index (χ3v) is 3.39. The standard InChI is InChI=1S/C14H16N4O5/c1-17-11-8(13(22)18(2)14(17)23)5-6-9(16-11)12(21)15-7-3-4-10(19)20/h5-6H,3-4,7H2,1-2H3,(H,15,21)(H,19,20). The number of nitrogens with zero attached hydrogens (tertiary/aromatic N) is 3. The number of hydrogen-bond acceptors (Lipinski definition) is 5. The van der Waals surface area contributed by atoms with Gasteiger partial charge >= 0.3 is 11.7 Å². The van der Waals surface area contributed by atoms with E-state index in [-0.39, 0.29) is 29.7 Å². The maximum atomic E-state index is 12.0. The highest BCUT2D eigenvalue weighted by Crippen LogP contribution is 2.06. The van der Waals surface area contributed by atoms with Crippen LogP contribution in [-0.4, -0.2) is 37.6 Å². The molecule has 1 amide bonds. The predicted molar refractivity (Wildman–Crippen MR) is 81.4 cm³/mol. The van der Waals surface area contributed by atoms with Crippen molar-refractivity contribution in [1.82, 2.24) is 19.4 Å². The summed E-state index contributed by atoms with van der Waals surface area (Å²) in [7, 11) is 2.83. The summed E-state index contributed by atoms with van der Waals surface area (Å²) in [5.41, 5.74) is -0.842. The largest absolute Gasteiger partial charge is 0.481 e. The first-order valence-corrected chi connectivity index (χ1v) is 6.89. The van der Waals surface area contributed by atoms with Gasteiger partial charge in [0.15, 0.2) is 0 Å². The highest BCUT2D eigenvalue weighted by atomic mass is 16.4. The molecule has 0 aromatic carbocycles. The van der Waals surface area contributed by atoms with Crippen molar-refractivity contribution < 1.29 is 14.7 Å². The number of hydrogen-bond donors (Lipinski definition) is 2. The van der Waals surface area contributed by atoms with Gasteiger partial charge in [-0.05, 0) is 18.6 Å². The van der Waals surface area contributed by atoms with E-state index in [0.717, 1.165) is 4.57 Å². The van der Waals surface area contributed by atoms with Crippen LogP contribution >= 0.6 is 0 Å². The molecule has 0 aliphatic rings. The van der Waals surface area contributed by atoms with E-state index in [2.05, 4.69) is 10.3 Å². The Labute approximate surface area is 130 Å². The third-order valence-electron chi connectivity index (χ3n) is 3.39. The first-order valence-electron chi connectivity index (χ1n) is 6.89. The first-order chi connectivity index (χ1) is 10.8. The second kappa shape index (κ2) is 6.42. The minimum atomic E-state index is -0.936. The van der Waals surface area contributed by atoms with E-state index in [9.17, 15) is 19.2 Å². The Balaban J connectivity index is 2.30. The number of rotatable bonds is 5. The predicted octanol–water partition coefficient (Wildman–Crippen LogP) is -0.773. The fraction of sp³-hybridized carbons (Fsp3) is 0.357. The van der Waals surface area contributed by atoms with Crippen LogP contribution in [-0.2, 0) is 18.9 Å². The number of aliphatic carboxylic acids is 1. The van der Waals surface area contributed by atoms with E-state index >= 15 is 0 Å². The summed E-state index contributed by atoms with van der Waals surface area (Å²) in [4.78, 5) is 50.4. The van der Waals surface area contributed by atoms with Gasteiger partial charge in [0.05, 0.1) is 5.39 Å². The Morgan fingerprint density at radius 3 is 2.57 bits per heavy atom. The zero-order valence-corrected chi connectivity index (χ0v) is 12.7. The van der Waals surface area contributed by atoms with Crippen LogP contribution in [0.5, 0.6) is 0 Å². The summed E-state index contributed by atoms with van der Waals surface area (Å²) in [6.45, 7) is 0.195. The van der Waals surface area contributed by atoms with Crippen LogP contribution in [0, 0.1) is 0 Å². The number of aryl methyl sites for hydroxylation is 1. The Morgan fingerprint density at radius 2 is 1.91 bits per heavy atom. The second-order valence-corrected chi connectivity index (χ2v) is 5.03. The number of nitrogens with one attached hydrogen (secondary N) is 1. The van der Waals surface area contributed by atoms with Crippen molar-refractivity contribution in [1.29, 1.82) is 0 Å². The molecule has 0 unspecified atom stereocenters. The number of carboxylic acid groups (broad SMARTS) is 1. The van der Waals surface area contributed by atoms with Gasteiger partial charge < -0.3 is 10.4 Å². The van der Waals surface area contributed by atoms with Gasteiger partial charge in [0.25, 0.3) is 11.5 Å². The van der Waals surface area contributed by atoms with E-state index in [1.807, 2.05) is 0 Å². The van der Waals surface area contributed by atoms with E-state index in [4.69, 9.17) is 5.11 Å². The summed E-state index contributed by atoms with van der Waals surface area (Å²) in [5, 5.41) is 11.3. The SMILES string of the molecule is Cn1c(=O)c2ccc(C(=O)NCCCC(=O)O)nc2n(C)c1=O. The van der Waals surface area contributed by atoms with Gasteiger partial charge in [-0.2, -0.15) is 0 Å².